The first-order valence-corrected chi connectivity index (χ1v) is 7.54. The maximum absolute atomic E-state index is 6.12. The van der Waals surface area contributed by atoms with Gasteiger partial charge in [0, 0.05) is 18.7 Å². The molecule has 19 heavy (non-hydrogen) atoms. The van der Waals surface area contributed by atoms with Crippen LogP contribution in [0.4, 0.5) is 5.82 Å². The summed E-state index contributed by atoms with van der Waals surface area (Å²) < 4.78 is 5.72. The van der Waals surface area contributed by atoms with Crippen molar-refractivity contribution in [2.24, 2.45) is 0 Å². The summed E-state index contributed by atoms with van der Waals surface area (Å²) in [7, 11) is 0. The molecule has 2 heterocycles. The fraction of sp³-hybridized carbons (Fsp3) is 0.714. The highest BCUT2D eigenvalue weighted by atomic mass is 35.5. The van der Waals surface area contributed by atoms with Gasteiger partial charge in [0.15, 0.2) is 0 Å². The van der Waals surface area contributed by atoms with E-state index in [1.807, 2.05) is 0 Å². The molecule has 0 aromatic carbocycles. The highest BCUT2D eigenvalue weighted by Crippen LogP contribution is 2.22. The van der Waals surface area contributed by atoms with Gasteiger partial charge in [0.25, 0.3) is 0 Å². The summed E-state index contributed by atoms with van der Waals surface area (Å²) >= 11 is 6.12. The van der Waals surface area contributed by atoms with Crippen molar-refractivity contribution in [3.05, 3.63) is 17.0 Å². The molecule has 1 aliphatic rings. The number of hydrogen-bond donors (Lipinski definition) is 1. The van der Waals surface area contributed by atoms with Gasteiger partial charge in [-0.1, -0.05) is 24.9 Å². The van der Waals surface area contributed by atoms with E-state index in [0.29, 0.717) is 11.3 Å². The zero-order valence-electron chi connectivity index (χ0n) is 11.5. The van der Waals surface area contributed by atoms with Crippen LogP contribution in [0.15, 0.2) is 6.33 Å². The second kappa shape index (κ2) is 7.65. The molecule has 1 saturated heterocycles. The zero-order valence-corrected chi connectivity index (χ0v) is 12.2. The van der Waals surface area contributed by atoms with Gasteiger partial charge in [-0.25, -0.2) is 9.97 Å². The molecule has 5 heteroatoms. The number of nitrogens with one attached hydrogen (secondary N) is 1. The molecule has 0 amide bonds. The molecule has 1 unspecified atom stereocenters. The summed E-state index contributed by atoms with van der Waals surface area (Å²) in [6.45, 7) is 3.91. The predicted octanol–water partition coefficient (Wildman–Crippen LogP) is 3.45. The first-order chi connectivity index (χ1) is 9.31. The molecule has 1 atom stereocenters. The Labute approximate surface area is 119 Å². The van der Waals surface area contributed by atoms with E-state index in [1.54, 1.807) is 0 Å². The molecule has 0 radical (unpaired) electrons. The third kappa shape index (κ3) is 4.32. The van der Waals surface area contributed by atoms with E-state index in [4.69, 9.17) is 16.3 Å². The standard InChI is InChI=1S/C14H22ClN3O/c1-2-5-12-13(15)17-10-18-14(12)16-8-7-11-6-3-4-9-19-11/h10-11H,2-9H2,1H3,(H,16,17,18). The monoisotopic (exact) mass is 283 g/mol. The van der Waals surface area contributed by atoms with Crippen molar-refractivity contribution in [3.63, 3.8) is 0 Å². The number of aromatic nitrogens is 2. The van der Waals surface area contributed by atoms with Gasteiger partial charge >= 0.3 is 0 Å². The summed E-state index contributed by atoms with van der Waals surface area (Å²) in [4.78, 5) is 8.34. The molecule has 1 aromatic heterocycles. The van der Waals surface area contributed by atoms with E-state index in [0.717, 1.165) is 43.8 Å². The third-order valence-electron chi connectivity index (χ3n) is 3.43. The SMILES string of the molecule is CCCc1c(Cl)ncnc1NCCC1CCCCO1. The van der Waals surface area contributed by atoms with Gasteiger partial charge < -0.3 is 10.1 Å². The number of rotatable bonds is 6. The average Bonchev–Trinajstić information content (AvgIpc) is 2.44. The van der Waals surface area contributed by atoms with Crippen LogP contribution in [0, 0.1) is 0 Å². The Bertz CT molecular complexity index is 394. The van der Waals surface area contributed by atoms with Crippen LogP contribution in [0.3, 0.4) is 0 Å². The lowest BCUT2D eigenvalue weighted by atomic mass is 10.1. The lowest BCUT2D eigenvalue weighted by molar-refractivity contribution is 0.0134. The Kier molecular flexibility index (Phi) is 5.86. The summed E-state index contributed by atoms with van der Waals surface area (Å²) in [6.07, 6.45) is 8.53. The molecule has 0 saturated carbocycles. The predicted molar refractivity (Wildman–Crippen MR) is 77.7 cm³/mol. The summed E-state index contributed by atoms with van der Waals surface area (Å²) in [5.41, 5.74) is 1.02. The van der Waals surface area contributed by atoms with Crippen LogP contribution in [0.2, 0.25) is 5.15 Å². The number of halogens is 1. The Morgan fingerprint density at radius 3 is 3.05 bits per heavy atom. The maximum Gasteiger partial charge on any atom is 0.137 e. The minimum Gasteiger partial charge on any atom is -0.378 e. The van der Waals surface area contributed by atoms with Crippen molar-refractivity contribution in [2.45, 2.75) is 51.6 Å². The van der Waals surface area contributed by atoms with Crippen molar-refractivity contribution >= 4 is 17.4 Å². The largest absolute Gasteiger partial charge is 0.378 e. The van der Waals surface area contributed by atoms with Gasteiger partial charge in [-0.05, 0) is 32.1 Å². The number of hydrogen-bond acceptors (Lipinski definition) is 4. The van der Waals surface area contributed by atoms with E-state index in [1.165, 1.54) is 25.6 Å². The van der Waals surface area contributed by atoms with Crippen LogP contribution in [0.25, 0.3) is 0 Å². The number of anilines is 1. The van der Waals surface area contributed by atoms with Crippen molar-refractivity contribution in [1.29, 1.82) is 0 Å². The van der Waals surface area contributed by atoms with Crippen molar-refractivity contribution in [3.8, 4) is 0 Å². The summed E-state index contributed by atoms with van der Waals surface area (Å²) in [5, 5.41) is 3.93. The molecule has 1 aromatic rings. The summed E-state index contributed by atoms with van der Waals surface area (Å²) in [6, 6.07) is 0. The second-order valence-electron chi connectivity index (χ2n) is 4.95. The van der Waals surface area contributed by atoms with Gasteiger partial charge in [-0.2, -0.15) is 0 Å². The molecule has 106 valence electrons. The first kappa shape index (κ1) is 14.5. The van der Waals surface area contributed by atoms with Crippen LogP contribution >= 0.6 is 11.6 Å². The quantitative estimate of drug-likeness (QED) is 0.812. The molecule has 0 aliphatic carbocycles. The van der Waals surface area contributed by atoms with Gasteiger partial charge in [0.05, 0.1) is 6.10 Å². The smallest absolute Gasteiger partial charge is 0.137 e. The maximum atomic E-state index is 6.12. The molecule has 0 spiro atoms. The minimum absolute atomic E-state index is 0.396. The van der Waals surface area contributed by atoms with Gasteiger partial charge in [-0.15, -0.1) is 0 Å². The van der Waals surface area contributed by atoms with Crippen LogP contribution in [-0.4, -0.2) is 29.2 Å². The number of nitrogens with zero attached hydrogens (tertiary/aromatic N) is 2. The molecular weight excluding hydrogens is 262 g/mol. The molecule has 1 N–H and O–H groups in total. The lowest BCUT2D eigenvalue weighted by Crippen LogP contribution is -2.22. The molecule has 0 bridgehead atoms. The molecule has 1 fully saturated rings. The average molecular weight is 284 g/mol. The normalized spacial score (nSPS) is 19.4. The van der Waals surface area contributed by atoms with Crippen molar-refractivity contribution in [2.75, 3.05) is 18.5 Å². The molecule has 1 aliphatic heterocycles. The second-order valence-corrected chi connectivity index (χ2v) is 5.30. The molecular formula is C14H22ClN3O. The van der Waals surface area contributed by atoms with Gasteiger partial charge in [0.2, 0.25) is 0 Å². The first-order valence-electron chi connectivity index (χ1n) is 7.16. The van der Waals surface area contributed by atoms with Crippen molar-refractivity contribution < 1.29 is 4.74 Å². The van der Waals surface area contributed by atoms with Gasteiger partial charge in [0.1, 0.15) is 17.3 Å². The van der Waals surface area contributed by atoms with Crippen LogP contribution in [0.5, 0.6) is 0 Å². The Balaban J connectivity index is 1.86. The third-order valence-corrected chi connectivity index (χ3v) is 3.75. The lowest BCUT2D eigenvalue weighted by Gasteiger charge is -2.22. The topological polar surface area (TPSA) is 47.0 Å². The van der Waals surface area contributed by atoms with E-state index < -0.39 is 0 Å². The Morgan fingerprint density at radius 1 is 1.42 bits per heavy atom. The minimum atomic E-state index is 0.396. The highest BCUT2D eigenvalue weighted by molar-refractivity contribution is 6.30. The van der Waals surface area contributed by atoms with E-state index in [-0.39, 0.29) is 0 Å². The van der Waals surface area contributed by atoms with E-state index in [9.17, 15) is 0 Å². The van der Waals surface area contributed by atoms with Crippen LogP contribution in [-0.2, 0) is 11.2 Å². The fourth-order valence-electron chi connectivity index (χ4n) is 2.40. The Hall–Kier alpha value is -0.870. The fourth-order valence-corrected chi connectivity index (χ4v) is 2.63. The van der Waals surface area contributed by atoms with Crippen LogP contribution in [0.1, 0.15) is 44.6 Å². The number of ether oxygens (including phenoxy) is 1. The van der Waals surface area contributed by atoms with Crippen LogP contribution < -0.4 is 5.32 Å². The van der Waals surface area contributed by atoms with E-state index in [2.05, 4.69) is 22.2 Å². The molecule has 2 rings (SSSR count). The van der Waals surface area contributed by atoms with E-state index >= 15 is 0 Å². The zero-order chi connectivity index (χ0) is 13.5. The summed E-state index contributed by atoms with van der Waals surface area (Å²) in [5.74, 6) is 0.873. The molecule has 4 nitrogen and oxygen atoms in total. The highest BCUT2D eigenvalue weighted by Gasteiger charge is 2.14. The van der Waals surface area contributed by atoms with Gasteiger partial charge in [-0.3, -0.25) is 0 Å². The Morgan fingerprint density at radius 2 is 2.32 bits per heavy atom. The van der Waals surface area contributed by atoms with Crippen molar-refractivity contribution in [1.82, 2.24) is 9.97 Å².